The maximum Gasteiger partial charge on any atom is 0.262 e. The minimum atomic E-state index is -0.128. The van der Waals surface area contributed by atoms with Crippen molar-refractivity contribution >= 4 is 35.0 Å². The van der Waals surface area contributed by atoms with Crippen molar-refractivity contribution in [1.29, 1.82) is 0 Å². The van der Waals surface area contributed by atoms with Crippen LogP contribution in [0, 0.1) is 5.41 Å². The zero-order chi connectivity index (χ0) is 20.7. The molecule has 0 saturated carbocycles. The van der Waals surface area contributed by atoms with Gasteiger partial charge in [0.25, 0.3) is 5.91 Å². The smallest absolute Gasteiger partial charge is 0.262 e. The summed E-state index contributed by atoms with van der Waals surface area (Å²) in [6, 6.07) is 4.00. The first-order chi connectivity index (χ1) is 14.5. The van der Waals surface area contributed by atoms with Gasteiger partial charge in [-0.15, -0.1) is 0 Å². The second-order valence-electron chi connectivity index (χ2n) is 8.46. The fourth-order valence-corrected chi connectivity index (χ4v) is 5.05. The number of nitrogens with zero attached hydrogens (tertiary/aromatic N) is 3. The molecule has 4 N–H and O–H groups in total. The SMILES string of the molecule is CC1(CN)CCN(c2cnc3c(n2)NCCc2cc4c(cc2S3)NC(=O)CO4)CC1. The minimum Gasteiger partial charge on any atom is -0.482 e. The molecule has 1 aromatic carbocycles. The Balaban J connectivity index is 1.40. The molecule has 3 aliphatic heterocycles. The molecule has 2 aromatic rings. The number of ether oxygens (including phenoxy) is 1. The summed E-state index contributed by atoms with van der Waals surface area (Å²) in [6.45, 7) is 5.71. The van der Waals surface area contributed by atoms with E-state index in [0.29, 0.717) is 5.69 Å². The summed E-state index contributed by atoms with van der Waals surface area (Å²) >= 11 is 1.57. The monoisotopic (exact) mass is 426 g/mol. The number of hydrogen-bond acceptors (Lipinski definition) is 8. The van der Waals surface area contributed by atoms with Gasteiger partial charge in [-0.1, -0.05) is 18.7 Å². The lowest BCUT2D eigenvalue weighted by Gasteiger charge is -2.39. The number of nitrogens with two attached hydrogens (primary N) is 1. The molecule has 0 atom stereocenters. The largest absolute Gasteiger partial charge is 0.482 e. The molecule has 0 spiro atoms. The first kappa shape index (κ1) is 19.4. The zero-order valence-electron chi connectivity index (χ0n) is 17.0. The Morgan fingerprint density at radius 3 is 2.97 bits per heavy atom. The third-order valence-corrected chi connectivity index (χ3v) is 7.29. The topological polar surface area (TPSA) is 105 Å². The number of fused-ring (bicyclic) bond motifs is 3. The van der Waals surface area contributed by atoms with Gasteiger partial charge < -0.3 is 26.0 Å². The van der Waals surface area contributed by atoms with Crippen LogP contribution < -0.4 is 26.0 Å². The molecule has 1 fully saturated rings. The number of amides is 1. The molecule has 5 rings (SSSR count). The minimum absolute atomic E-state index is 0.0647. The predicted molar refractivity (Wildman–Crippen MR) is 118 cm³/mol. The second-order valence-corrected chi connectivity index (χ2v) is 9.49. The van der Waals surface area contributed by atoms with E-state index in [1.165, 1.54) is 5.56 Å². The van der Waals surface area contributed by atoms with E-state index in [9.17, 15) is 4.79 Å². The molecule has 158 valence electrons. The van der Waals surface area contributed by atoms with E-state index in [0.717, 1.165) is 72.7 Å². The van der Waals surface area contributed by atoms with E-state index < -0.39 is 0 Å². The highest BCUT2D eigenvalue weighted by Gasteiger charge is 2.30. The highest BCUT2D eigenvalue weighted by Crippen LogP contribution is 2.41. The Bertz CT molecular complexity index is 990. The molecule has 0 unspecified atom stereocenters. The van der Waals surface area contributed by atoms with Crippen molar-refractivity contribution in [1.82, 2.24) is 9.97 Å². The zero-order valence-corrected chi connectivity index (χ0v) is 17.8. The van der Waals surface area contributed by atoms with Crippen molar-refractivity contribution in [3.05, 3.63) is 23.9 Å². The summed E-state index contributed by atoms with van der Waals surface area (Å²) in [5, 5.41) is 7.18. The van der Waals surface area contributed by atoms with Crippen molar-refractivity contribution < 1.29 is 9.53 Å². The van der Waals surface area contributed by atoms with Crippen LogP contribution in [0.2, 0.25) is 0 Å². The van der Waals surface area contributed by atoms with Crippen LogP contribution in [-0.4, -0.2) is 48.7 Å². The van der Waals surface area contributed by atoms with Crippen LogP contribution in [0.3, 0.4) is 0 Å². The standard InChI is InChI=1S/C21H26N6O2S/c1-21(12-22)3-6-27(7-4-21)17-10-24-20-19(26-17)23-5-2-13-8-15-14(9-16(13)30-20)25-18(28)11-29-15/h8-10H,2-7,11-12,22H2,1H3,(H,23,26)(H,25,28). The van der Waals surface area contributed by atoms with E-state index in [1.54, 1.807) is 11.8 Å². The van der Waals surface area contributed by atoms with Gasteiger partial charge in [-0.2, -0.15) is 0 Å². The number of piperidine rings is 1. The molecule has 8 nitrogen and oxygen atoms in total. The third-order valence-electron chi connectivity index (χ3n) is 6.20. The molecule has 1 amide bonds. The quantitative estimate of drug-likeness (QED) is 0.673. The van der Waals surface area contributed by atoms with Gasteiger partial charge in [-0.25, -0.2) is 9.97 Å². The fraction of sp³-hybridized carbons (Fsp3) is 0.476. The summed E-state index contributed by atoms with van der Waals surface area (Å²) in [5.41, 5.74) is 8.06. The predicted octanol–water partition coefficient (Wildman–Crippen LogP) is 2.49. The van der Waals surface area contributed by atoms with Gasteiger partial charge in [0.05, 0.1) is 11.9 Å². The lowest BCUT2D eigenvalue weighted by atomic mass is 9.80. The van der Waals surface area contributed by atoms with E-state index in [4.69, 9.17) is 20.4 Å². The Labute approximate surface area is 180 Å². The number of nitrogens with one attached hydrogen (secondary N) is 2. The van der Waals surface area contributed by atoms with Crippen molar-refractivity contribution in [2.45, 2.75) is 36.1 Å². The third kappa shape index (κ3) is 3.67. The molecule has 1 aromatic heterocycles. The fourth-order valence-electron chi connectivity index (χ4n) is 4.05. The van der Waals surface area contributed by atoms with E-state index >= 15 is 0 Å². The van der Waals surface area contributed by atoms with E-state index in [-0.39, 0.29) is 17.9 Å². The van der Waals surface area contributed by atoms with E-state index in [2.05, 4.69) is 22.5 Å². The van der Waals surface area contributed by atoms with Crippen molar-refractivity contribution in [2.24, 2.45) is 11.1 Å². The number of carbonyl (C=O) groups is 1. The molecular formula is C21H26N6O2S. The molecule has 30 heavy (non-hydrogen) atoms. The van der Waals surface area contributed by atoms with Gasteiger partial charge >= 0.3 is 0 Å². The number of anilines is 3. The average molecular weight is 427 g/mol. The molecular weight excluding hydrogens is 400 g/mol. The highest BCUT2D eigenvalue weighted by molar-refractivity contribution is 7.99. The Kier molecular flexibility index (Phi) is 4.94. The van der Waals surface area contributed by atoms with Gasteiger partial charge in [-0.3, -0.25) is 4.79 Å². The maximum absolute atomic E-state index is 11.7. The first-order valence-corrected chi connectivity index (χ1v) is 11.2. The first-order valence-electron chi connectivity index (χ1n) is 10.4. The Morgan fingerprint density at radius 2 is 2.17 bits per heavy atom. The van der Waals surface area contributed by atoms with E-state index in [1.807, 2.05) is 18.3 Å². The van der Waals surface area contributed by atoms with Crippen LogP contribution >= 0.6 is 11.8 Å². The molecule has 0 bridgehead atoms. The van der Waals surface area contributed by atoms with Crippen LogP contribution in [0.25, 0.3) is 0 Å². The van der Waals surface area contributed by atoms with Crippen molar-refractivity contribution in [3.8, 4) is 5.75 Å². The number of carbonyl (C=O) groups excluding carboxylic acids is 1. The molecule has 0 aliphatic carbocycles. The number of rotatable bonds is 2. The van der Waals surface area contributed by atoms with Crippen LogP contribution in [0.5, 0.6) is 5.75 Å². The molecule has 3 aliphatic rings. The van der Waals surface area contributed by atoms with Gasteiger partial charge in [0.15, 0.2) is 12.4 Å². The number of benzene rings is 1. The van der Waals surface area contributed by atoms with Crippen LogP contribution in [0.15, 0.2) is 28.3 Å². The summed E-state index contributed by atoms with van der Waals surface area (Å²) in [4.78, 5) is 24.7. The van der Waals surface area contributed by atoms with Crippen LogP contribution in [0.1, 0.15) is 25.3 Å². The van der Waals surface area contributed by atoms with Crippen molar-refractivity contribution in [2.75, 3.05) is 48.3 Å². The van der Waals surface area contributed by atoms with Gasteiger partial charge in [0.1, 0.15) is 16.6 Å². The lowest BCUT2D eigenvalue weighted by molar-refractivity contribution is -0.118. The number of aromatic nitrogens is 2. The second kappa shape index (κ2) is 7.63. The molecule has 0 radical (unpaired) electrons. The normalized spacial score (nSPS) is 19.8. The molecule has 4 heterocycles. The van der Waals surface area contributed by atoms with Crippen LogP contribution in [0.4, 0.5) is 17.3 Å². The molecule has 9 heteroatoms. The Morgan fingerprint density at radius 1 is 1.33 bits per heavy atom. The summed E-state index contributed by atoms with van der Waals surface area (Å²) < 4.78 is 5.57. The van der Waals surface area contributed by atoms with Gasteiger partial charge in [0, 0.05) is 24.5 Å². The number of hydrogen-bond donors (Lipinski definition) is 3. The summed E-state index contributed by atoms with van der Waals surface area (Å²) in [6.07, 6.45) is 4.84. The maximum atomic E-state index is 11.7. The summed E-state index contributed by atoms with van der Waals surface area (Å²) in [7, 11) is 0. The lowest BCUT2D eigenvalue weighted by Crippen LogP contribution is -2.42. The van der Waals surface area contributed by atoms with Crippen LogP contribution in [-0.2, 0) is 11.2 Å². The van der Waals surface area contributed by atoms with Gasteiger partial charge in [0.2, 0.25) is 0 Å². The van der Waals surface area contributed by atoms with Gasteiger partial charge in [-0.05, 0) is 48.9 Å². The Hall–Kier alpha value is -2.52. The highest BCUT2D eigenvalue weighted by atomic mass is 32.2. The molecule has 1 saturated heterocycles. The van der Waals surface area contributed by atoms with Crippen molar-refractivity contribution in [3.63, 3.8) is 0 Å². The average Bonchev–Trinajstić information content (AvgIpc) is 2.74. The summed E-state index contributed by atoms with van der Waals surface area (Å²) in [5.74, 6) is 2.32.